The van der Waals surface area contributed by atoms with Crippen LogP contribution in [0.2, 0.25) is 0 Å². The highest BCUT2D eigenvalue weighted by atomic mass is 19.1. The summed E-state index contributed by atoms with van der Waals surface area (Å²) in [6, 6.07) is 4.61. The number of carbonyl (C=O) groups excluding carboxylic acids is 1. The maximum Gasteiger partial charge on any atom is 0.240 e. The van der Waals surface area contributed by atoms with Crippen molar-refractivity contribution in [2.45, 2.75) is 18.8 Å². The van der Waals surface area contributed by atoms with Crippen LogP contribution < -0.4 is 0 Å². The lowest BCUT2D eigenvalue weighted by atomic mass is 10.1. The summed E-state index contributed by atoms with van der Waals surface area (Å²) in [7, 11) is 0. The van der Waals surface area contributed by atoms with Gasteiger partial charge in [0.15, 0.2) is 0 Å². The molecule has 0 spiro atoms. The third-order valence-electron chi connectivity index (χ3n) is 2.18. The first-order valence-corrected chi connectivity index (χ1v) is 4.18. The molecule has 66 valence electrons. The van der Waals surface area contributed by atoms with Gasteiger partial charge < -0.3 is 0 Å². The predicted molar refractivity (Wildman–Crippen MR) is 46.2 cm³/mol. The molecule has 1 aromatic carbocycles. The second-order valence-corrected chi connectivity index (χ2v) is 3.18. The second-order valence-electron chi connectivity index (χ2n) is 3.18. The summed E-state index contributed by atoms with van der Waals surface area (Å²) in [6.45, 7) is 0. The Morgan fingerprint density at radius 1 is 1.46 bits per heavy atom. The van der Waals surface area contributed by atoms with Gasteiger partial charge in [0.2, 0.25) is 6.08 Å². The van der Waals surface area contributed by atoms with Gasteiger partial charge in [0.1, 0.15) is 5.82 Å². The molecule has 1 aliphatic carbocycles. The Morgan fingerprint density at radius 3 is 2.77 bits per heavy atom. The number of halogens is 1. The molecule has 1 aliphatic rings. The van der Waals surface area contributed by atoms with Gasteiger partial charge in [0.05, 0.1) is 5.69 Å². The molecule has 1 saturated carbocycles. The number of benzene rings is 1. The average molecular weight is 177 g/mol. The first-order valence-electron chi connectivity index (χ1n) is 4.18. The van der Waals surface area contributed by atoms with Crippen LogP contribution in [0.4, 0.5) is 10.1 Å². The molecule has 0 aromatic heterocycles. The van der Waals surface area contributed by atoms with Crippen LogP contribution in [0.5, 0.6) is 0 Å². The minimum absolute atomic E-state index is 0.265. The molecule has 0 aliphatic heterocycles. The fraction of sp³-hybridized carbons (Fsp3) is 0.300. The summed E-state index contributed by atoms with van der Waals surface area (Å²) in [6.07, 6.45) is 3.51. The molecule has 0 N–H and O–H groups in total. The third kappa shape index (κ3) is 1.65. The van der Waals surface area contributed by atoms with E-state index in [0.29, 0.717) is 11.6 Å². The van der Waals surface area contributed by atoms with E-state index in [1.807, 2.05) is 0 Å². The van der Waals surface area contributed by atoms with Crippen molar-refractivity contribution in [1.29, 1.82) is 0 Å². The second kappa shape index (κ2) is 3.11. The lowest BCUT2D eigenvalue weighted by Crippen LogP contribution is -1.85. The molecular weight excluding hydrogens is 169 g/mol. The normalized spacial score (nSPS) is 15.2. The standard InChI is InChI=1S/C10H8FNO/c11-10-5-8(12-6-13)3-4-9(10)7-1-2-7/h3-5,7H,1-2H2. The highest BCUT2D eigenvalue weighted by Gasteiger charge is 2.26. The first-order chi connectivity index (χ1) is 6.31. The van der Waals surface area contributed by atoms with Crippen LogP contribution >= 0.6 is 0 Å². The maximum absolute atomic E-state index is 13.3. The average Bonchev–Trinajstić information content (AvgIpc) is 2.88. The molecule has 0 atom stereocenters. The van der Waals surface area contributed by atoms with E-state index >= 15 is 0 Å². The zero-order chi connectivity index (χ0) is 9.26. The monoisotopic (exact) mass is 177 g/mol. The number of aliphatic imine (C=N–C) groups is 1. The van der Waals surface area contributed by atoms with Crippen molar-refractivity contribution in [2.24, 2.45) is 4.99 Å². The van der Waals surface area contributed by atoms with Gasteiger partial charge in [-0.05, 0) is 30.4 Å². The van der Waals surface area contributed by atoms with Crippen LogP contribution in [0, 0.1) is 5.82 Å². The Morgan fingerprint density at radius 2 is 2.23 bits per heavy atom. The smallest absolute Gasteiger partial charge is 0.211 e. The summed E-state index contributed by atoms with van der Waals surface area (Å²) in [4.78, 5) is 13.2. The van der Waals surface area contributed by atoms with Crippen molar-refractivity contribution < 1.29 is 9.18 Å². The van der Waals surface area contributed by atoms with E-state index in [-0.39, 0.29) is 5.82 Å². The van der Waals surface area contributed by atoms with E-state index < -0.39 is 0 Å². The predicted octanol–water partition coefficient (Wildman–Crippen LogP) is 2.67. The van der Waals surface area contributed by atoms with Gasteiger partial charge in [0.25, 0.3) is 0 Å². The first kappa shape index (κ1) is 8.14. The minimum atomic E-state index is -0.265. The van der Waals surface area contributed by atoms with Crippen molar-refractivity contribution in [3.63, 3.8) is 0 Å². The van der Waals surface area contributed by atoms with Crippen molar-refractivity contribution in [1.82, 2.24) is 0 Å². The molecule has 0 heterocycles. The van der Waals surface area contributed by atoms with E-state index in [2.05, 4.69) is 4.99 Å². The van der Waals surface area contributed by atoms with Gasteiger partial charge in [-0.25, -0.2) is 9.18 Å². The molecule has 0 radical (unpaired) electrons. The quantitative estimate of drug-likeness (QED) is 0.504. The summed E-state index contributed by atoms with van der Waals surface area (Å²) in [5, 5.41) is 0. The van der Waals surface area contributed by atoms with E-state index in [9.17, 15) is 9.18 Å². The van der Waals surface area contributed by atoms with Crippen LogP contribution in [0.15, 0.2) is 23.2 Å². The van der Waals surface area contributed by atoms with Crippen LogP contribution in [-0.4, -0.2) is 6.08 Å². The summed E-state index contributed by atoms with van der Waals surface area (Å²) >= 11 is 0. The zero-order valence-electron chi connectivity index (χ0n) is 6.96. The van der Waals surface area contributed by atoms with Crippen LogP contribution in [0.1, 0.15) is 24.3 Å². The topological polar surface area (TPSA) is 29.4 Å². The van der Waals surface area contributed by atoms with Gasteiger partial charge in [-0.3, -0.25) is 0 Å². The van der Waals surface area contributed by atoms with Gasteiger partial charge in [-0.15, -0.1) is 0 Å². The fourth-order valence-electron chi connectivity index (χ4n) is 1.36. The number of hydrogen-bond donors (Lipinski definition) is 0. The van der Waals surface area contributed by atoms with Crippen molar-refractivity contribution in [3.8, 4) is 0 Å². The largest absolute Gasteiger partial charge is 0.240 e. The van der Waals surface area contributed by atoms with Gasteiger partial charge >= 0.3 is 0 Å². The third-order valence-corrected chi connectivity index (χ3v) is 2.18. The van der Waals surface area contributed by atoms with E-state index in [1.165, 1.54) is 12.1 Å². The van der Waals surface area contributed by atoms with Crippen molar-refractivity contribution in [2.75, 3.05) is 0 Å². The molecule has 13 heavy (non-hydrogen) atoms. The SMILES string of the molecule is O=C=Nc1ccc(C2CC2)c(F)c1. The number of nitrogens with zero attached hydrogens (tertiary/aromatic N) is 1. The molecule has 0 bridgehead atoms. The Hall–Kier alpha value is -1.47. The number of rotatable bonds is 2. The van der Waals surface area contributed by atoms with Crippen molar-refractivity contribution >= 4 is 11.8 Å². The van der Waals surface area contributed by atoms with Gasteiger partial charge in [-0.1, -0.05) is 6.07 Å². The lowest BCUT2D eigenvalue weighted by molar-refractivity contribution is 0.565. The maximum atomic E-state index is 13.3. The molecule has 2 nitrogen and oxygen atoms in total. The molecule has 2 rings (SSSR count). The molecule has 0 saturated heterocycles. The highest BCUT2D eigenvalue weighted by molar-refractivity contribution is 5.50. The summed E-state index contributed by atoms with van der Waals surface area (Å²) < 4.78 is 13.3. The Bertz CT molecular complexity index is 379. The minimum Gasteiger partial charge on any atom is -0.211 e. The summed E-state index contributed by atoms with van der Waals surface area (Å²) in [5.41, 5.74) is 1.07. The zero-order valence-corrected chi connectivity index (χ0v) is 6.96. The Kier molecular flexibility index (Phi) is 1.95. The number of hydrogen-bond acceptors (Lipinski definition) is 2. The highest BCUT2D eigenvalue weighted by Crippen LogP contribution is 2.41. The van der Waals surface area contributed by atoms with Crippen molar-refractivity contribution in [3.05, 3.63) is 29.6 Å². The fourth-order valence-corrected chi connectivity index (χ4v) is 1.36. The van der Waals surface area contributed by atoms with E-state index in [4.69, 9.17) is 0 Å². The lowest BCUT2D eigenvalue weighted by Gasteiger charge is -1.99. The molecule has 3 heteroatoms. The summed E-state index contributed by atoms with van der Waals surface area (Å²) in [5.74, 6) is 0.119. The van der Waals surface area contributed by atoms with Gasteiger partial charge in [0, 0.05) is 6.07 Å². The Balaban J connectivity index is 2.36. The van der Waals surface area contributed by atoms with Gasteiger partial charge in [-0.2, -0.15) is 4.99 Å². The van der Waals surface area contributed by atoms with Crippen LogP contribution in [0.25, 0.3) is 0 Å². The Labute approximate surface area is 75.1 Å². The number of isocyanates is 1. The van der Waals surface area contributed by atoms with E-state index in [1.54, 1.807) is 12.1 Å². The molecular formula is C10H8FNO. The molecule has 1 aromatic rings. The molecule has 0 unspecified atom stereocenters. The van der Waals surface area contributed by atoms with Crippen LogP contribution in [0.3, 0.4) is 0 Å². The molecule has 0 amide bonds. The van der Waals surface area contributed by atoms with E-state index in [0.717, 1.165) is 18.4 Å². The molecule has 1 fully saturated rings. The van der Waals surface area contributed by atoms with Crippen LogP contribution in [-0.2, 0) is 4.79 Å².